The molecule has 0 N–H and O–H groups in total. The summed E-state index contributed by atoms with van der Waals surface area (Å²) in [6.45, 7) is 10.1. The van der Waals surface area contributed by atoms with Crippen LogP contribution >= 0.6 is 0 Å². The van der Waals surface area contributed by atoms with Gasteiger partial charge in [0.15, 0.2) is 0 Å². The molecule has 0 atom stereocenters. The number of carbonyl (C=O) groups excluding carboxylic acids is 2. The van der Waals surface area contributed by atoms with Gasteiger partial charge in [-0.1, -0.05) is 24.8 Å². The minimum atomic E-state index is -0.558. The molecule has 1 saturated heterocycles. The van der Waals surface area contributed by atoms with Gasteiger partial charge in [0.2, 0.25) is 0 Å². The molecule has 1 amide bonds. The molecule has 148 valence electrons. The lowest BCUT2D eigenvalue weighted by atomic mass is 9.70. The molecule has 0 unspecified atom stereocenters. The molecule has 0 bridgehead atoms. The molecule has 0 aliphatic carbocycles. The molecular weight excluding hydrogens is 349 g/mol. The molecule has 0 aromatic heterocycles. The van der Waals surface area contributed by atoms with Crippen molar-refractivity contribution >= 4 is 12.1 Å². The van der Waals surface area contributed by atoms with Gasteiger partial charge >= 0.3 is 12.1 Å². The van der Waals surface area contributed by atoms with E-state index in [1.807, 2.05) is 20.8 Å². The van der Waals surface area contributed by atoms with Crippen molar-refractivity contribution in [1.29, 1.82) is 0 Å². The molecule has 1 fully saturated rings. The van der Waals surface area contributed by atoms with E-state index in [-0.39, 0.29) is 30.9 Å². The van der Waals surface area contributed by atoms with Crippen LogP contribution in [0.1, 0.15) is 45.6 Å². The number of hydrogen-bond acceptors (Lipinski definition) is 4. The van der Waals surface area contributed by atoms with Crippen LogP contribution in [0.4, 0.5) is 9.18 Å². The Morgan fingerprint density at radius 2 is 1.81 bits per heavy atom. The topological polar surface area (TPSA) is 55.8 Å². The molecule has 27 heavy (non-hydrogen) atoms. The number of piperidine rings is 1. The SMILES string of the molecule is C=CCOC(=O)CC1(c2ccc(F)cc2)CCN(C(=O)OC(C)(C)C)CC1. The number of esters is 1. The molecule has 1 aromatic carbocycles. The van der Waals surface area contributed by atoms with E-state index in [1.54, 1.807) is 17.0 Å². The highest BCUT2D eigenvalue weighted by molar-refractivity contribution is 5.72. The minimum Gasteiger partial charge on any atom is -0.461 e. The van der Waals surface area contributed by atoms with Crippen molar-refractivity contribution in [3.63, 3.8) is 0 Å². The van der Waals surface area contributed by atoms with Crippen molar-refractivity contribution in [3.05, 3.63) is 48.3 Å². The molecule has 6 heteroatoms. The summed E-state index contributed by atoms with van der Waals surface area (Å²) < 4.78 is 24.0. The molecule has 1 aromatic rings. The Bertz CT molecular complexity index is 670. The van der Waals surface area contributed by atoms with Gasteiger partial charge in [0.1, 0.15) is 18.0 Å². The first kappa shape index (κ1) is 20.9. The molecule has 5 nitrogen and oxygen atoms in total. The van der Waals surface area contributed by atoms with Gasteiger partial charge in [0.25, 0.3) is 0 Å². The predicted octanol–water partition coefficient (Wildman–Crippen LogP) is 4.21. The quantitative estimate of drug-likeness (QED) is 0.570. The number of amides is 1. The van der Waals surface area contributed by atoms with Gasteiger partial charge in [-0.05, 0) is 51.3 Å². The van der Waals surface area contributed by atoms with Gasteiger partial charge in [-0.3, -0.25) is 4.79 Å². The largest absolute Gasteiger partial charge is 0.461 e. The second-order valence-electron chi connectivity index (χ2n) is 7.90. The van der Waals surface area contributed by atoms with Gasteiger partial charge in [-0.15, -0.1) is 0 Å². The Kier molecular flexibility index (Phi) is 6.63. The van der Waals surface area contributed by atoms with Gasteiger partial charge in [-0.2, -0.15) is 0 Å². The number of hydrogen-bond donors (Lipinski definition) is 0. The molecule has 1 aliphatic rings. The second kappa shape index (κ2) is 8.55. The number of halogens is 1. The fraction of sp³-hybridized carbons (Fsp3) is 0.524. The van der Waals surface area contributed by atoms with E-state index in [9.17, 15) is 14.0 Å². The van der Waals surface area contributed by atoms with E-state index in [0.29, 0.717) is 25.9 Å². The first-order valence-corrected chi connectivity index (χ1v) is 9.16. The van der Waals surface area contributed by atoms with E-state index >= 15 is 0 Å². The van der Waals surface area contributed by atoms with Crippen molar-refractivity contribution < 1.29 is 23.5 Å². The third-order valence-electron chi connectivity index (χ3n) is 4.67. The summed E-state index contributed by atoms with van der Waals surface area (Å²) >= 11 is 0. The van der Waals surface area contributed by atoms with Crippen LogP contribution in [-0.2, 0) is 19.7 Å². The Morgan fingerprint density at radius 3 is 2.33 bits per heavy atom. The molecule has 2 rings (SSSR count). The first-order chi connectivity index (χ1) is 12.6. The van der Waals surface area contributed by atoms with Gasteiger partial charge in [0, 0.05) is 18.5 Å². The molecule has 0 spiro atoms. The van der Waals surface area contributed by atoms with Crippen LogP contribution in [0.3, 0.4) is 0 Å². The van der Waals surface area contributed by atoms with E-state index in [4.69, 9.17) is 9.47 Å². The zero-order valence-electron chi connectivity index (χ0n) is 16.3. The van der Waals surface area contributed by atoms with Crippen molar-refractivity contribution in [3.8, 4) is 0 Å². The van der Waals surface area contributed by atoms with Crippen LogP contribution < -0.4 is 0 Å². The molecule has 1 aliphatic heterocycles. The second-order valence-corrected chi connectivity index (χ2v) is 7.90. The van der Waals surface area contributed by atoms with E-state index in [1.165, 1.54) is 18.2 Å². The lowest BCUT2D eigenvalue weighted by Crippen LogP contribution is -2.47. The number of likely N-dealkylation sites (tertiary alicyclic amines) is 1. The fourth-order valence-electron chi connectivity index (χ4n) is 3.29. The number of ether oxygens (including phenoxy) is 2. The van der Waals surface area contributed by atoms with Crippen LogP contribution in [0, 0.1) is 5.82 Å². The normalized spacial score (nSPS) is 16.5. The van der Waals surface area contributed by atoms with Crippen LogP contribution in [0.2, 0.25) is 0 Å². The number of carbonyl (C=O) groups is 2. The first-order valence-electron chi connectivity index (χ1n) is 9.16. The maximum absolute atomic E-state index is 13.4. The van der Waals surface area contributed by atoms with Crippen LogP contribution in [0.5, 0.6) is 0 Å². The van der Waals surface area contributed by atoms with Crippen molar-refractivity contribution in [2.45, 2.75) is 51.0 Å². The van der Waals surface area contributed by atoms with Crippen LogP contribution in [-0.4, -0.2) is 42.3 Å². The third-order valence-corrected chi connectivity index (χ3v) is 4.67. The summed E-state index contributed by atoms with van der Waals surface area (Å²) in [6.07, 6.45) is 2.48. The molecular formula is C21H28FNO4. The van der Waals surface area contributed by atoms with Gasteiger partial charge in [-0.25, -0.2) is 9.18 Å². The summed E-state index contributed by atoms with van der Waals surface area (Å²) in [6, 6.07) is 6.21. The number of nitrogens with zero attached hydrogens (tertiary/aromatic N) is 1. The average Bonchev–Trinajstić information content (AvgIpc) is 2.59. The average molecular weight is 377 g/mol. The highest BCUT2D eigenvalue weighted by Gasteiger charge is 2.40. The highest BCUT2D eigenvalue weighted by atomic mass is 19.1. The van der Waals surface area contributed by atoms with Gasteiger partial charge in [0.05, 0.1) is 6.42 Å². The maximum atomic E-state index is 13.4. The standard InChI is InChI=1S/C21H28FNO4/c1-5-14-26-18(24)15-21(16-6-8-17(22)9-7-16)10-12-23(13-11-21)19(25)27-20(2,3)4/h5-9H,1,10-15H2,2-4H3. The summed E-state index contributed by atoms with van der Waals surface area (Å²) in [5, 5.41) is 0. The predicted molar refractivity (Wildman–Crippen MR) is 101 cm³/mol. The fourth-order valence-corrected chi connectivity index (χ4v) is 3.29. The Morgan fingerprint density at radius 1 is 1.22 bits per heavy atom. The van der Waals surface area contributed by atoms with Crippen LogP contribution in [0.25, 0.3) is 0 Å². The van der Waals surface area contributed by atoms with Crippen molar-refractivity contribution in [2.75, 3.05) is 19.7 Å². The molecule has 1 heterocycles. The van der Waals surface area contributed by atoms with E-state index in [0.717, 1.165) is 5.56 Å². The Balaban J connectivity index is 2.15. The summed E-state index contributed by atoms with van der Waals surface area (Å²) in [5.41, 5.74) is -0.176. The zero-order valence-corrected chi connectivity index (χ0v) is 16.3. The molecule has 0 saturated carbocycles. The lowest BCUT2D eigenvalue weighted by Gasteiger charge is -2.42. The van der Waals surface area contributed by atoms with Gasteiger partial charge < -0.3 is 14.4 Å². The van der Waals surface area contributed by atoms with E-state index < -0.39 is 11.0 Å². The van der Waals surface area contributed by atoms with E-state index in [2.05, 4.69) is 6.58 Å². The summed E-state index contributed by atoms with van der Waals surface area (Å²) in [4.78, 5) is 26.2. The number of rotatable bonds is 5. The monoisotopic (exact) mass is 377 g/mol. The van der Waals surface area contributed by atoms with Crippen molar-refractivity contribution in [2.24, 2.45) is 0 Å². The van der Waals surface area contributed by atoms with Crippen molar-refractivity contribution in [1.82, 2.24) is 4.90 Å². The summed E-state index contributed by atoms with van der Waals surface area (Å²) in [5.74, 6) is -0.653. The van der Waals surface area contributed by atoms with Crippen LogP contribution in [0.15, 0.2) is 36.9 Å². The summed E-state index contributed by atoms with van der Waals surface area (Å²) in [7, 11) is 0. The minimum absolute atomic E-state index is 0.155. The number of benzene rings is 1. The maximum Gasteiger partial charge on any atom is 0.410 e. The molecule has 0 radical (unpaired) electrons. The third kappa shape index (κ3) is 5.81. The Labute approximate surface area is 160 Å². The Hall–Kier alpha value is -2.37. The smallest absolute Gasteiger partial charge is 0.410 e. The zero-order chi connectivity index (χ0) is 20.1. The highest BCUT2D eigenvalue weighted by Crippen LogP contribution is 2.39. The lowest BCUT2D eigenvalue weighted by molar-refractivity contribution is -0.144.